The molecule has 3 N–H and O–H groups in total. The summed E-state index contributed by atoms with van der Waals surface area (Å²) in [5, 5.41) is 21.8. The zero-order valence-electron chi connectivity index (χ0n) is 15.2. The zero-order valence-corrected chi connectivity index (χ0v) is 21.5. The summed E-state index contributed by atoms with van der Waals surface area (Å²) >= 11 is 0. The minimum absolute atomic E-state index is 0. The van der Waals surface area contributed by atoms with Crippen molar-refractivity contribution >= 4 is 5.97 Å². The third kappa shape index (κ3) is 11.0. The summed E-state index contributed by atoms with van der Waals surface area (Å²) in [5.41, 5.74) is 1.11. The number of hydrogen-bond donors (Lipinski definition) is 3. The molecule has 4 nitrogen and oxygen atoms in total. The molecule has 0 radical (unpaired) electrons. The van der Waals surface area contributed by atoms with Crippen LogP contribution in [0.15, 0.2) is 30.3 Å². The van der Waals surface area contributed by atoms with Crippen molar-refractivity contribution < 1.29 is 83.9 Å². The number of carboxylic acid groups (broad SMARTS) is 1. The minimum Gasteiger partial charge on any atom is -0.480 e. The number of nitrogens with one attached hydrogen (secondary N) is 1. The summed E-state index contributed by atoms with van der Waals surface area (Å²) < 4.78 is 0. The summed E-state index contributed by atoms with van der Waals surface area (Å²) in [6, 6.07) is 8.94. The standard InChI is InChI=1S/C17H27NO3.CH3.Cs/c1-17(2,3)11-9-15(16(20)21)18-14(10-12-19)13-7-5-4-6-8-13;;/h4-8,14-15,18-19H,9-12H2,1-3H3,(H,20,21);1H3;/q;-1;+1. The Kier molecular flexibility index (Phi) is 14.6. The summed E-state index contributed by atoms with van der Waals surface area (Å²) in [4.78, 5) is 11.5. The second-order valence-electron chi connectivity index (χ2n) is 6.63. The van der Waals surface area contributed by atoms with Crippen LogP contribution in [0.4, 0.5) is 0 Å². The number of aliphatic hydroxyl groups is 1. The second-order valence-corrected chi connectivity index (χ2v) is 6.63. The number of hydrogen-bond acceptors (Lipinski definition) is 3. The Bertz CT molecular complexity index is 432. The van der Waals surface area contributed by atoms with E-state index in [2.05, 4.69) is 26.1 Å². The van der Waals surface area contributed by atoms with Gasteiger partial charge in [-0.1, -0.05) is 51.1 Å². The fourth-order valence-corrected chi connectivity index (χ4v) is 2.26. The maximum Gasteiger partial charge on any atom is 1.00 e. The van der Waals surface area contributed by atoms with E-state index in [4.69, 9.17) is 0 Å². The topological polar surface area (TPSA) is 69.6 Å². The van der Waals surface area contributed by atoms with Crippen molar-refractivity contribution in [2.75, 3.05) is 6.61 Å². The molecule has 0 aliphatic rings. The van der Waals surface area contributed by atoms with Crippen LogP contribution < -0.4 is 74.2 Å². The van der Waals surface area contributed by atoms with Crippen LogP contribution in [-0.2, 0) is 4.79 Å². The molecule has 0 fully saturated rings. The van der Waals surface area contributed by atoms with Gasteiger partial charge in [0.05, 0.1) is 0 Å². The van der Waals surface area contributed by atoms with Gasteiger partial charge in [-0.25, -0.2) is 0 Å². The van der Waals surface area contributed by atoms with Gasteiger partial charge in [-0.15, -0.1) is 0 Å². The van der Waals surface area contributed by atoms with Crippen LogP contribution >= 0.6 is 0 Å². The van der Waals surface area contributed by atoms with Crippen LogP contribution in [0.2, 0.25) is 0 Å². The zero-order chi connectivity index (χ0) is 15.9. The van der Waals surface area contributed by atoms with Gasteiger partial charge in [0.1, 0.15) is 6.04 Å². The van der Waals surface area contributed by atoms with Crippen LogP contribution in [0.1, 0.15) is 51.6 Å². The van der Waals surface area contributed by atoms with Crippen molar-refractivity contribution in [3.8, 4) is 0 Å². The van der Waals surface area contributed by atoms with E-state index in [0.29, 0.717) is 12.8 Å². The molecule has 1 aromatic rings. The Hall–Kier alpha value is 0.662. The van der Waals surface area contributed by atoms with Gasteiger partial charge in [0.15, 0.2) is 0 Å². The van der Waals surface area contributed by atoms with E-state index in [1.807, 2.05) is 30.3 Å². The molecule has 0 aliphatic carbocycles. The van der Waals surface area contributed by atoms with E-state index in [1.54, 1.807) is 0 Å². The molecule has 0 spiro atoms. The summed E-state index contributed by atoms with van der Waals surface area (Å²) in [6.45, 7) is 6.34. The summed E-state index contributed by atoms with van der Waals surface area (Å²) in [5.74, 6) is -0.835. The van der Waals surface area contributed by atoms with Crippen LogP contribution in [0.3, 0.4) is 0 Å². The van der Waals surface area contributed by atoms with Crippen LogP contribution in [0.25, 0.3) is 0 Å². The molecule has 0 aromatic heterocycles. The van der Waals surface area contributed by atoms with Gasteiger partial charge in [-0.05, 0) is 30.2 Å². The first kappa shape index (κ1) is 25.9. The molecule has 1 rings (SSSR count). The van der Waals surface area contributed by atoms with Gasteiger partial charge in [0.25, 0.3) is 0 Å². The van der Waals surface area contributed by atoms with Gasteiger partial charge in [0.2, 0.25) is 0 Å². The summed E-state index contributed by atoms with van der Waals surface area (Å²) in [7, 11) is 0. The van der Waals surface area contributed by atoms with Gasteiger partial charge >= 0.3 is 74.9 Å². The maximum absolute atomic E-state index is 11.5. The first-order valence-electron chi connectivity index (χ1n) is 7.48. The second kappa shape index (κ2) is 12.9. The van der Waals surface area contributed by atoms with Crippen molar-refractivity contribution in [2.24, 2.45) is 5.41 Å². The molecule has 2 atom stereocenters. The Morgan fingerprint density at radius 1 is 1.17 bits per heavy atom. The number of rotatable bonds is 8. The Labute approximate surface area is 199 Å². The predicted octanol–water partition coefficient (Wildman–Crippen LogP) is 0.433. The molecule has 126 valence electrons. The Morgan fingerprint density at radius 2 is 1.74 bits per heavy atom. The molecule has 0 aliphatic heterocycles. The monoisotopic (exact) mass is 441 g/mol. The number of aliphatic carboxylic acids is 1. The normalized spacial score (nSPS) is 13.4. The molecule has 0 saturated carbocycles. The average Bonchev–Trinajstić information content (AvgIpc) is 2.41. The van der Waals surface area contributed by atoms with E-state index < -0.39 is 12.0 Å². The van der Waals surface area contributed by atoms with Gasteiger partial charge in [0, 0.05) is 12.6 Å². The predicted molar refractivity (Wildman–Crippen MR) is 90.5 cm³/mol. The van der Waals surface area contributed by atoms with Crippen molar-refractivity contribution in [3.05, 3.63) is 43.3 Å². The average molecular weight is 441 g/mol. The first-order valence-corrected chi connectivity index (χ1v) is 7.48. The molecule has 1 aromatic carbocycles. The van der Waals surface area contributed by atoms with E-state index in [9.17, 15) is 15.0 Å². The quantitative estimate of drug-likeness (QED) is 0.512. The summed E-state index contributed by atoms with van der Waals surface area (Å²) in [6.07, 6.45) is 1.91. The Balaban J connectivity index is 0. The smallest absolute Gasteiger partial charge is 0.480 e. The van der Waals surface area contributed by atoms with E-state index in [-0.39, 0.29) is 94.4 Å². The van der Waals surface area contributed by atoms with Crippen molar-refractivity contribution in [3.63, 3.8) is 0 Å². The molecule has 23 heavy (non-hydrogen) atoms. The first-order chi connectivity index (χ1) is 9.83. The molecular formula is C18H30CsNO3. The molecule has 0 bridgehead atoms. The van der Waals surface area contributed by atoms with Crippen molar-refractivity contribution in [1.82, 2.24) is 5.32 Å². The van der Waals surface area contributed by atoms with E-state index in [1.165, 1.54) is 0 Å². The van der Waals surface area contributed by atoms with Gasteiger partial charge in [-0.2, -0.15) is 0 Å². The third-order valence-corrected chi connectivity index (χ3v) is 3.50. The number of carbonyl (C=O) groups is 1. The van der Waals surface area contributed by atoms with Gasteiger partial charge in [-0.3, -0.25) is 10.1 Å². The molecule has 0 heterocycles. The maximum atomic E-state index is 11.5. The van der Waals surface area contributed by atoms with Crippen LogP contribution in [0.5, 0.6) is 0 Å². The number of carboxylic acids is 1. The van der Waals surface area contributed by atoms with Crippen molar-refractivity contribution in [2.45, 2.75) is 52.1 Å². The SMILES string of the molecule is CC(C)(C)CCC(NC(CCO)c1ccccc1)C(=O)O.[CH3-].[Cs+]. The Morgan fingerprint density at radius 3 is 2.17 bits per heavy atom. The van der Waals surface area contributed by atoms with Crippen LogP contribution in [-0.4, -0.2) is 28.8 Å². The molecule has 0 saturated heterocycles. The number of aliphatic hydroxyl groups excluding tert-OH is 1. The minimum atomic E-state index is -0.835. The number of benzene rings is 1. The van der Waals surface area contributed by atoms with Crippen LogP contribution in [0, 0.1) is 12.8 Å². The van der Waals surface area contributed by atoms with E-state index in [0.717, 1.165) is 12.0 Å². The fourth-order valence-electron chi connectivity index (χ4n) is 2.26. The molecule has 0 amide bonds. The van der Waals surface area contributed by atoms with Gasteiger partial charge < -0.3 is 17.6 Å². The van der Waals surface area contributed by atoms with Crippen molar-refractivity contribution in [1.29, 1.82) is 0 Å². The van der Waals surface area contributed by atoms with E-state index >= 15 is 0 Å². The fraction of sp³-hybridized carbons (Fsp3) is 0.556. The third-order valence-electron chi connectivity index (χ3n) is 3.50. The largest absolute Gasteiger partial charge is 1.00 e. The molecule has 5 heteroatoms. The molecule has 2 unspecified atom stereocenters. The molecular weight excluding hydrogens is 411 g/mol.